The second kappa shape index (κ2) is 10.1. The Balaban J connectivity index is 0.00000264. The second-order valence-electron chi connectivity index (χ2n) is 5.94. The van der Waals surface area contributed by atoms with Gasteiger partial charge in [0.1, 0.15) is 5.76 Å². The van der Waals surface area contributed by atoms with Crippen molar-refractivity contribution in [3.63, 3.8) is 0 Å². The summed E-state index contributed by atoms with van der Waals surface area (Å²) < 4.78 is 5.58. The van der Waals surface area contributed by atoms with Gasteiger partial charge >= 0.3 is 0 Å². The van der Waals surface area contributed by atoms with Crippen LogP contribution in [-0.2, 0) is 6.54 Å². The Labute approximate surface area is 156 Å². The van der Waals surface area contributed by atoms with Gasteiger partial charge < -0.3 is 20.0 Å². The first kappa shape index (κ1) is 20.2. The van der Waals surface area contributed by atoms with Crippen LogP contribution in [0.1, 0.15) is 43.5 Å². The lowest BCUT2D eigenvalue weighted by Crippen LogP contribution is -2.48. The van der Waals surface area contributed by atoms with Gasteiger partial charge in [0.05, 0.1) is 12.2 Å². The summed E-state index contributed by atoms with van der Waals surface area (Å²) in [4.78, 5) is 11.2. The van der Waals surface area contributed by atoms with Gasteiger partial charge in [-0.05, 0) is 39.7 Å². The molecule has 1 aromatic rings. The van der Waals surface area contributed by atoms with E-state index in [0.717, 1.165) is 30.3 Å². The third-order valence-electron chi connectivity index (χ3n) is 4.17. The molecule has 6 nitrogen and oxygen atoms in total. The van der Waals surface area contributed by atoms with Crippen LogP contribution < -0.4 is 10.6 Å². The molecule has 0 atom stereocenters. The number of piperidine rings is 1. The van der Waals surface area contributed by atoms with E-state index in [1.165, 1.54) is 26.1 Å². The molecule has 0 bridgehead atoms. The van der Waals surface area contributed by atoms with Gasteiger partial charge in [-0.3, -0.25) is 4.99 Å². The smallest absolute Gasteiger partial charge is 0.214 e. The number of aromatic nitrogens is 1. The van der Waals surface area contributed by atoms with Crippen LogP contribution in [0.25, 0.3) is 0 Å². The maximum atomic E-state index is 5.58. The summed E-state index contributed by atoms with van der Waals surface area (Å²) in [5, 5.41) is 6.78. The third kappa shape index (κ3) is 6.29. The van der Waals surface area contributed by atoms with E-state index in [-0.39, 0.29) is 24.0 Å². The molecule has 0 saturated carbocycles. The Morgan fingerprint density at radius 3 is 2.57 bits per heavy atom. The maximum absolute atomic E-state index is 5.58. The summed E-state index contributed by atoms with van der Waals surface area (Å²) in [7, 11) is 1.80. The molecule has 0 radical (unpaired) electrons. The lowest BCUT2D eigenvalue weighted by molar-refractivity contribution is 0.206. The summed E-state index contributed by atoms with van der Waals surface area (Å²) >= 11 is 0. The van der Waals surface area contributed by atoms with E-state index < -0.39 is 0 Å². The number of oxazole rings is 1. The fourth-order valence-electron chi connectivity index (χ4n) is 2.78. The Bertz CT molecular complexity index is 475. The highest BCUT2D eigenvalue weighted by Gasteiger charge is 2.19. The number of halogens is 1. The molecule has 2 rings (SSSR count). The van der Waals surface area contributed by atoms with E-state index in [1.54, 1.807) is 7.05 Å². The predicted octanol–water partition coefficient (Wildman–Crippen LogP) is 2.45. The van der Waals surface area contributed by atoms with Crippen molar-refractivity contribution in [3.8, 4) is 0 Å². The molecule has 2 N–H and O–H groups in total. The Kier molecular flexibility index (Phi) is 8.90. The minimum absolute atomic E-state index is 0. The Hall–Kier alpha value is -0.830. The van der Waals surface area contributed by atoms with Gasteiger partial charge in [0, 0.05) is 26.2 Å². The molecule has 0 unspecified atom stereocenters. The third-order valence-corrected chi connectivity index (χ3v) is 4.17. The molecular formula is C16H30IN5O. The van der Waals surface area contributed by atoms with Crippen molar-refractivity contribution < 1.29 is 4.42 Å². The van der Waals surface area contributed by atoms with E-state index in [0.29, 0.717) is 18.5 Å². The lowest BCUT2D eigenvalue weighted by Gasteiger charge is -2.32. The predicted molar refractivity (Wildman–Crippen MR) is 104 cm³/mol. The second-order valence-corrected chi connectivity index (χ2v) is 5.94. The van der Waals surface area contributed by atoms with E-state index in [4.69, 9.17) is 4.42 Å². The molecule has 23 heavy (non-hydrogen) atoms. The van der Waals surface area contributed by atoms with Crippen molar-refractivity contribution in [1.29, 1.82) is 0 Å². The monoisotopic (exact) mass is 435 g/mol. The number of guanidine groups is 1. The average molecular weight is 435 g/mol. The van der Waals surface area contributed by atoms with Gasteiger partial charge in [-0.15, -0.1) is 24.0 Å². The average Bonchev–Trinajstić information content (AvgIpc) is 2.84. The van der Waals surface area contributed by atoms with Crippen molar-refractivity contribution in [3.05, 3.63) is 17.3 Å². The Morgan fingerprint density at radius 1 is 1.35 bits per heavy atom. The molecule has 1 aromatic heterocycles. The number of aliphatic imine (C=N–C) groups is 1. The van der Waals surface area contributed by atoms with Crippen LogP contribution in [0.15, 0.2) is 9.41 Å². The van der Waals surface area contributed by atoms with Crippen molar-refractivity contribution >= 4 is 29.9 Å². The van der Waals surface area contributed by atoms with Gasteiger partial charge in [-0.25, -0.2) is 4.98 Å². The van der Waals surface area contributed by atoms with Gasteiger partial charge in [0.2, 0.25) is 5.89 Å². The first-order chi connectivity index (χ1) is 10.6. The van der Waals surface area contributed by atoms with Crippen LogP contribution in [0.5, 0.6) is 0 Å². The number of hydrogen-bond acceptors (Lipinski definition) is 4. The van der Waals surface area contributed by atoms with Crippen molar-refractivity contribution in [1.82, 2.24) is 20.5 Å². The number of nitrogens with one attached hydrogen (secondary N) is 2. The number of hydrogen-bond donors (Lipinski definition) is 2. The quantitative estimate of drug-likeness (QED) is 0.423. The van der Waals surface area contributed by atoms with E-state index in [1.807, 2.05) is 13.8 Å². The first-order valence-corrected chi connectivity index (χ1v) is 8.24. The minimum atomic E-state index is 0. The molecule has 7 heteroatoms. The zero-order valence-electron chi connectivity index (χ0n) is 14.7. The number of rotatable bonds is 5. The maximum Gasteiger partial charge on any atom is 0.214 e. The highest BCUT2D eigenvalue weighted by atomic mass is 127. The highest BCUT2D eigenvalue weighted by molar-refractivity contribution is 14.0. The summed E-state index contributed by atoms with van der Waals surface area (Å²) in [5.74, 6) is 2.40. The van der Waals surface area contributed by atoms with E-state index in [9.17, 15) is 0 Å². The van der Waals surface area contributed by atoms with E-state index in [2.05, 4.69) is 32.4 Å². The topological polar surface area (TPSA) is 65.7 Å². The molecule has 0 spiro atoms. The molecule has 2 heterocycles. The van der Waals surface area contributed by atoms with Crippen LogP contribution >= 0.6 is 24.0 Å². The first-order valence-electron chi connectivity index (χ1n) is 8.24. The number of likely N-dealkylation sites (tertiary alicyclic amines) is 1. The summed E-state index contributed by atoms with van der Waals surface area (Å²) in [6, 6.07) is 0.493. The molecule has 1 aliphatic rings. The summed E-state index contributed by atoms with van der Waals surface area (Å²) in [6.07, 6.45) is 3.56. The van der Waals surface area contributed by atoms with Gasteiger partial charge in [-0.2, -0.15) is 0 Å². The Morgan fingerprint density at radius 2 is 2.04 bits per heavy atom. The van der Waals surface area contributed by atoms with Gasteiger partial charge in [0.25, 0.3) is 0 Å². The molecule has 1 fully saturated rings. The van der Waals surface area contributed by atoms with Crippen molar-refractivity contribution in [2.75, 3.05) is 26.7 Å². The fraction of sp³-hybridized carbons (Fsp3) is 0.750. The van der Waals surface area contributed by atoms with Crippen molar-refractivity contribution in [2.45, 2.75) is 52.6 Å². The molecule has 0 aromatic carbocycles. The minimum Gasteiger partial charge on any atom is -0.444 e. The molecule has 0 amide bonds. The standard InChI is InChI=1S/C16H29N5O.HI/c1-5-8-21-9-6-14(7-10-21)20-16(17-4)18-11-15-19-12(2)13(3)22-15;/h14H,5-11H2,1-4H3,(H2,17,18,20);1H. The van der Waals surface area contributed by atoms with Crippen LogP contribution in [-0.4, -0.2) is 48.6 Å². The van der Waals surface area contributed by atoms with Crippen molar-refractivity contribution in [2.24, 2.45) is 4.99 Å². The highest BCUT2D eigenvalue weighted by Crippen LogP contribution is 2.11. The normalized spacial score (nSPS) is 17.0. The number of aryl methyl sites for hydroxylation is 2. The number of nitrogens with zero attached hydrogens (tertiary/aromatic N) is 3. The van der Waals surface area contributed by atoms with E-state index >= 15 is 0 Å². The zero-order chi connectivity index (χ0) is 15.9. The van der Waals surface area contributed by atoms with Crippen LogP contribution in [0, 0.1) is 13.8 Å². The SMILES string of the molecule is CCCN1CCC(NC(=NC)NCc2nc(C)c(C)o2)CC1.I. The fourth-order valence-corrected chi connectivity index (χ4v) is 2.78. The van der Waals surface area contributed by atoms with Crippen LogP contribution in [0.4, 0.5) is 0 Å². The van der Waals surface area contributed by atoms with Gasteiger partial charge in [-0.1, -0.05) is 6.92 Å². The molecular weight excluding hydrogens is 405 g/mol. The molecule has 132 valence electrons. The molecule has 0 aliphatic carbocycles. The van der Waals surface area contributed by atoms with Gasteiger partial charge in [0.15, 0.2) is 5.96 Å². The summed E-state index contributed by atoms with van der Waals surface area (Å²) in [6.45, 7) is 10.2. The summed E-state index contributed by atoms with van der Waals surface area (Å²) in [5.41, 5.74) is 0.947. The zero-order valence-corrected chi connectivity index (χ0v) is 17.0. The molecule has 1 aliphatic heterocycles. The largest absolute Gasteiger partial charge is 0.444 e. The lowest BCUT2D eigenvalue weighted by atomic mass is 10.1. The van der Waals surface area contributed by atoms with Crippen LogP contribution in [0.3, 0.4) is 0 Å². The van der Waals surface area contributed by atoms with Crippen LogP contribution in [0.2, 0.25) is 0 Å². The molecule has 1 saturated heterocycles.